The highest BCUT2D eigenvalue weighted by Gasteiger charge is 2.53. The molecular weight excluding hydrogens is 218 g/mol. The van der Waals surface area contributed by atoms with E-state index in [2.05, 4.69) is 40.7 Å². The first-order valence-electron chi connectivity index (χ1n) is 7.74. The van der Waals surface area contributed by atoms with E-state index in [1.54, 1.807) is 0 Å². The highest BCUT2D eigenvalue weighted by molar-refractivity contribution is 5.06. The highest BCUT2D eigenvalue weighted by atomic mass is 14.6. The summed E-state index contributed by atoms with van der Waals surface area (Å²) >= 11 is 0. The molecule has 0 spiro atoms. The summed E-state index contributed by atoms with van der Waals surface area (Å²) in [7, 11) is 0. The van der Waals surface area contributed by atoms with E-state index in [4.69, 9.17) is 0 Å². The molecule has 2 aliphatic carbocycles. The predicted octanol–water partition coefficient (Wildman–Crippen LogP) is 5.02. The van der Waals surface area contributed by atoms with Crippen LogP contribution in [0.2, 0.25) is 0 Å². The molecule has 0 heterocycles. The molecule has 0 amide bonds. The number of fused-ring (bicyclic) bond motifs is 1. The lowest BCUT2D eigenvalue weighted by molar-refractivity contribution is 0.0167. The first-order valence-corrected chi connectivity index (χ1v) is 7.74. The standard InChI is InChI=1S/C17H29N/c1-12-7-6-10-17(5)14(12)8-9-15(17)13(2)16(3,4)11-18/h12-15H,6-10H2,1-5H3/t12-,13-,14?,15?,17-/m0/s1. The summed E-state index contributed by atoms with van der Waals surface area (Å²) in [5.74, 6) is 3.07. The molecule has 2 aliphatic rings. The zero-order valence-corrected chi connectivity index (χ0v) is 12.8. The van der Waals surface area contributed by atoms with Gasteiger partial charge in [-0.25, -0.2) is 0 Å². The van der Waals surface area contributed by atoms with E-state index in [-0.39, 0.29) is 5.41 Å². The lowest BCUT2D eigenvalue weighted by Gasteiger charge is -2.47. The normalized spacial score (nSPS) is 42.1. The van der Waals surface area contributed by atoms with Crippen molar-refractivity contribution in [2.24, 2.45) is 34.5 Å². The average molecular weight is 247 g/mol. The van der Waals surface area contributed by atoms with Gasteiger partial charge in [0.2, 0.25) is 0 Å². The zero-order valence-electron chi connectivity index (χ0n) is 12.8. The first kappa shape index (κ1) is 13.9. The fraction of sp³-hybridized carbons (Fsp3) is 0.941. The summed E-state index contributed by atoms with van der Waals surface area (Å²) in [6.07, 6.45) is 6.94. The van der Waals surface area contributed by atoms with E-state index in [1.807, 2.05) is 0 Å². The van der Waals surface area contributed by atoms with Crippen LogP contribution in [0, 0.1) is 45.8 Å². The molecule has 0 aromatic heterocycles. The maximum atomic E-state index is 9.41. The Morgan fingerprint density at radius 3 is 2.56 bits per heavy atom. The third-order valence-corrected chi connectivity index (χ3v) is 6.57. The number of nitriles is 1. The van der Waals surface area contributed by atoms with Gasteiger partial charge in [0.05, 0.1) is 11.5 Å². The molecule has 18 heavy (non-hydrogen) atoms. The minimum absolute atomic E-state index is 0.177. The van der Waals surface area contributed by atoms with Gasteiger partial charge in [-0.1, -0.05) is 33.6 Å². The van der Waals surface area contributed by atoms with Crippen LogP contribution < -0.4 is 0 Å². The van der Waals surface area contributed by atoms with E-state index >= 15 is 0 Å². The molecule has 102 valence electrons. The average Bonchev–Trinajstić information content (AvgIpc) is 2.66. The van der Waals surface area contributed by atoms with Crippen LogP contribution in [0.1, 0.15) is 66.7 Å². The number of hydrogen-bond donors (Lipinski definition) is 0. The number of nitrogens with zero attached hydrogens (tertiary/aromatic N) is 1. The second kappa shape index (κ2) is 4.55. The Morgan fingerprint density at radius 2 is 1.94 bits per heavy atom. The molecule has 2 fully saturated rings. The second-order valence-corrected chi connectivity index (χ2v) is 7.79. The van der Waals surface area contributed by atoms with Crippen LogP contribution in [0.5, 0.6) is 0 Å². The summed E-state index contributed by atoms with van der Waals surface area (Å²) in [6, 6.07) is 2.54. The minimum Gasteiger partial charge on any atom is -0.198 e. The van der Waals surface area contributed by atoms with Gasteiger partial charge in [-0.2, -0.15) is 5.26 Å². The molecule has 2 saturated carbocycles. The van der Waals surface area contributed by atoms with E-state index < -0.39 is 0 Å². The van der Waals surface area contributed by atoms with Crippen molar-refractivity contribution in [3.63, 3.8) is 0 Å². The van der Waals surface area contributed by atoms with Gasteiger partial charge in [-0.05, 0) is 62.2 Å². The Kier molecular flexibility index (Phi) is 3.52. The molecule has 5 atom stereocenters. The van der Waals surface area contributed by atoms with Gasteiger partial charge in [-0.3, -0.25) is 0 Å². The van der Waals surface area contributed by atoms with Crippen LogP contribution in [-0.2, 0) is 0 Å². The zero-order chi connectivity index (χ0) is 13.6. The third kappa shape index (κ3) is 1.98. The molecular formula is C17H29N. The van der Waals surface area contributed by atoms with Crippen LogP contribution >= 0.6 is 0 Å². The van der Waals surface area contributed by atoms with Gasteiger partial charge >= 0.3 is 0 Å². The van der Waals surface area contributed by atoms with E-state index in [0.29, 0.717) is 11.3 Å². The Bertz CT molecular complexity index is 351. The smallest absolute Gasteiger partial charge is 0.0686 e. The fourth-order valence-electron chi connectivity index (χ4n) is 5.03. The lowest BCUT2D eigenvalue weighted by atomic mass is 9.57. The van der Waals surface area contributed by atoms with E-state index in [0.717, 1.165) is 17.8 Å². The minimum atomic E-state index is -0.177. The quantitative estimate of drug-likeness (QED) is 0.671. The molecule has 0 saturated heterocycles. The topological polar surface area (TPSA) is 23.8 Å². The van der Waals surface area contributed by atoms with Crippen LogP contribution in [0.15, 0.2) is 0 Å². The van der Waals surface area contributed by atoms with Gasteiger partial charge in [0.1, 0.15) is 0 Å². The van der Waals surface area contributed by atoms with Crippen LogP contribution in [0.3, 0.4) is 0 Å². The fourth-order valence-corrected chi connectivity index (χ4v) is 5.03. The second-order valence-electron chi connectivity index (χ2n) is 7.79. The van der Waals surface area contributed by atoms with Crippen molar-refractivity contribution in [1.29, 1.82) is 5.26 Å². The summed E-state index contributed by atoms with van der Waals surface area (Å²) in [6.45, 7) is 11.5. The maximum Gasteiger partial charge on any atom is 0.0686 e. The van der Waals surface area contributed by atoms with Gasteiger partial charge < -0.3 is 0 Å². The van der Waals surface area contributed by atoms with Crippen molar-refractivity contribution >= 4 is 0 Å². The van der Waals surface area contributed by atoms with E-state index in [1.165, 1.54) is 32.1 Å². The molecule has 0 aromatic carbocycles. The molecule has 0 aliphatic heterocycles. The Morgan fingerprint density at radius 1 is 1.28 bits per heavy atom. The Hall–Kier alpha value is -0.510. The van der Waals surface area contributed by atoms with Gasteiger partial charge in [-0.15, -0.1) is 0 Å². The summed E-state index contributed by atoms with van der Waals surface area (Å²) < 4.78 is 0. The molecule has 0 bridgehead atoms. The van der Waals surface area contributed by atoms with Gasteiger partial charge in [0, 0.05) is 0 Å². The van der Waals surface area contributed by atoms with Crippen LogP contribution in [-0.4, -0.2) is 0 Å². The Labute approximate surface area is 113 Å². The lowest BCUT2D eigenvalue weighted by Crippen LogP contribution is -2.41. The molecule has 2 rings (SSSR count). The Balaban J connectivity index is 2.24. The summed E-state index contributed by atoms with van der Waals surface area (Å²) in [5.41, 5.74) is 0.328. The SMILES string of the molecule is C[C@H]1CCC[C@@]2(C)C1CCC2[C@H](C)C(C)(C)C#N. The largest absolute Gasteiger partial charge is 0.198 e. The monoisotopic (exact) mass is 247 g/mol. The van der Waals surface area contributed by atoms with Crippen molar-refractivity contribution in [2.75, 3.05) is 0 Å². The molecule has 1 heteroatoms. The van der Waals surface area contributed by atoms with Crippen LogP contribution in [0.4, 0.5) is 0 Å². The molecule has 0 aromatic rings. The molecule has 2 unspecified atom stereocenters. The molecule has 0 N–H and O–H groups in total. The maximum absolute atomic E-state index is 9.41. The molecule has 1 nitrogen and oxygen atoms in total. The number of hydrogen-bond acceptors (Lipinski definition) is 1. The summed E-state index contributed by atoms with van der Waals surface area (Å²) in [4.78, 5) is 0. The predicted molar refractivity (Wildman–Crippen MR) is 75.9 cm³/mol. The highest BCUT2D eigenvalue weighted by Crippen LogP contribution is 2.61. The third-order valence-electron chi connectivity index (χ3n) is 6.57. The first-order chi connectivity index (χ1) is 8.33. The van der Waals surface area contributed by atoms with Crippen molar-refractivity contribution < 1.29 is 0 Å². The van der Waals surface area contributed by atoms with Gasteiger partial charge in [0.25, 0.3) is 0 Å². The van der Waals surface area contributed by atoms with E-state index in [9.17, 15) is 5.26 Å². The van der Waals surface area contributed by atoms with Crippen molar-refractivity contribution in [3.05, 3.63) is 0 Å². The van der Waals surface area contributed by atoms with Crippen molar-refractivity contribution in [1.82, 2.24) is 0 Å². The number of rotatable bonds is 2. The molecule has 0 radical (unpaired) electrons. The summed E-state index contributed by atoms with van der Waals surface area (Å²) in [5, 5.41) is 9.41. The van der Waals surface area contributed by atoms with Gasteiger partial charge in [0.15, 0.2) is 0 Å². The van der Waals surface area contributed by atoms with Crippen molar-refractivity contribution in [3.8, 4) is 6.07 Å². The van der Waals surface area contributed by atoms with Crippen molar-refractivity contribution in [2.45, 2.75) is 66.7 Å². The van der Waals surface area contributed by atoms with Crippen LogP contribution in [0.25, 0.3) is 0 Å².